The van der Waals surface area contributed by atoms with Gasteiger partial charge in [-0.1, -0.05) is 0 Å². The summed E-state index contributed by atoms with van der Waals surface area (Å²) in [6, 6.07) is 0.675. The van der Waals surface area contributed by atoms with Gasteiger partial charge in [0, 0.05) is 32.1 Å². The first-order chi connectivity index (χ1) is 10.7. The molecule has 0 aromatic rings. The fourth-order valence-electron chi connectivity index (χ4n) is 7.16. The van der Waals surface area contributed by atoms with E-state index >= 15 is 0 Å². The largest absolute Gasteiger partial charge is 0.340 e. The van der Waals surface area contributed by atoms with Crippen molar-refractivity contribution in [3.63, 3.8) is 0 Å². The molecule has 122 valence electrons. The van der Waals surface area contributed by atoms with E-state index in [4.69, 9.17) is 0 Å². The van der Waals surface area contributed by atoms with Crippen LogP contribution in [0.2, 0.25) is 0 Å². The molecule has 0 unspecified atom stereocenters. The lowest BCUT2D eigenvalue weighted by atomic mass is 9.49. The molecule has 0 N–H and O–H groups in total. The SMILES string of the molecule is O=C(CC12CC3CC(CC(C3)C1)C2)N1CCN2CCC[C@@H]2C1. The zero-order valence-electron chi connectivity index (χ0n) is 13.8. The van der Waals surface area contributed by atoms with E-state index in [0.29, 0.717) is 17.4 Å². The lowest BCUT2D eigenvalue weighted by molar-refractivity contribution is -0.142. The molecular formula is C19H30N2O. The first kappa shape index (κ1) is 13.8. The van der Waals surface area contributed by atoms with E-state index in [1.165, 1.54) is 57.9 Å². The maximum Gasteiger partial charge on any atom is 0.223 e. The zero-order valence-corrected chi connectivity index (χ0v) is 13.8. The van der Waals surface area contributed by atoms with Crippen LogP contribution in [0.15, 0.2) is 0 Å². The molecule has 3 heteroatoms. The normalized spacial score (nSPS) is 47.0. The number of amides is 1. The van der Waals surface area contributed by atoms with E-state index in [-0.39, 0.29) is 0 Å². The molecule has 2 heterocycles. The Labute approximate surface area is 134 Å². The molecule has 0 radical (unpaired) electrons. The number of rotatable bonds is 2. The molecule has 2 saturated heterocycles. The third-order valence-electron chi connectivity index (χ3n) is 7.63. The maximum absolute atomic E-state index is 13.0. The smallest absolute Gasteiger partial charge is 0.223 e. The van der Waals surface area contributed by atoms with Crippen LogP contribution in [0.1, 0.15) is 57.8 Å². The number of carbonyl (C=O) groups excluding carboxylic acids is 1. The molecule has 22 heavy (non-hydrogen) atoms. The van der Waals surface area contributed by atoms with Crippen molar-refractivity contribution in [3.05, 3.63) is 0 Å². The fraction of sp³-hybridized carbons (Fsp3) is 0.947. The van der Waals surface area contributed by atoms with Crippen LogP contribution in [0.5, 0.6) is 0 Å². The monoisotopic (exact) mass is 302 g/mol. The number of nitrogens with zero attached hydrogens (tertiary/aromatic N) is 2. The Kier molecular flexibility index (Phi) is 3.12. The van der Waals surface area contributed by atoms with E-state index in [2.05, 4.69) is 9.80 Å². The van der Waals surface area contributed by atoms with Crippen molar-refractivity contribution >= 4 is 5.91 Å². The lowest BCUT2D eigenvalue weighted by Gasteiger charge is -2.57. The van der Waals surface area contributed by atoms with E-state index in [9.17, 15) is 4.79 Å². The van der Waals surface area contributed by atoms with Crippen molar-refractivity contribution in [1.29, 1.82) is 0 Å². The Hall–Kier alpha value is -0.570. The summed E-state index contributed by atoms with van der Waals surface area (Å²) in [5.41, 5.74) is 0.415. The molecule has 4 bridgehead atoms. The van der Waals surface area contributed by atoms with E-state index < -0.39 is 0 Å². The Morgan fingerprint density at radius 3 is 2.32 bits per heavy atom. The van der Waals surface area contributed by atoms with Crippen molar-refractivity contribution in [1.82, 2.24) is 9.80 Å². The van der Waals surface area contributed by atoms with Crippen molar-refractivity contribution in [3.8, 4) is 0 Å². The van der Waals surface area contributed by atoms with Gasteiger partial charge in [-0.05, 0) is 81.1 Å². The molecule has 3 nitrogen and oxygen atoms in total. The summed E-state index contributed by atoms with van der Waals surface area (Å²) in [6.45, 7) is 4.39. The highest BCUT2D eigenvalue weighted by Crippen LogP contribution is 2.61. The molecule has 6 fully saturated rings. The van der Waals surface area contributed by atoms with Gasteiger partial charge in [0.2, 0.25) is 5.91 Å². The minimum Gasteiger partial charge on any atom is -0.340 e. The summed E-state index contributed by atoms with van der Waals surface area (Å²) in [6.07, 6.45) is 12.1. The average molecular weight is 302 g/mol. The molecule has 4 aliphatic carbocycles. The van der Waals surface area contributed by atoms with Gasteiger partial charge in [0.25, 0.3) is 0 Å². The van der Waals surface area contributed by atoms with E-state index in [0.717, 1.165) is 43.8 Å². The predicted octanol–water partition coefficient (Wildman–Crippen LogP) is 2.90. The third-order valence-corrected chi connectivity index (χ3v) is 7.63. The molecule has 6 rings (SSSR count). The van der Waals surface area contributed by atoms with Gasteiger partial charge in [-0.25, -0.2) is 0 Å². The molecule has 2 aliphatic heterocycles. The molecule has 4 saturated carbocycles. The molecule has 1 amide bonds. The van der Waals surface area contributed by atoms with Crippen LogP contribution < -0.4 is 0 Å². The van der Waals surface area contributed by atoms with Crippen LogP contribution in [0.25, 0.3) is 0 Å². The van der Waals surface area contributed by atoms with Crippen molar-refractivity contribution in [2.24, 2.45) is 23.2 Å². The predicted molar refractivity (Wildman–Crippen MR) is 86.4 cm³/mol. The summed E-state index contributed by atoms with van der Waals surface area (Å²) < 4.78 is 0. The number of hydrogen-bond acceptors (Lipinski definition) is 2. The Bertz CT molecular complexity index is 439. The van der Waals surface area contributed by atoms with Crippen molar-refractivity contribution < 1.29 is 4.79 Å². The van der Waals surface area contributed by atoms with Crippen LogP contribution in [0.3, 0.4) is 0 Å². The van der Waals surface area contributed by atoms with Crippen LogP contribution in [-0.2, 0) is 4.79 Å². The molecule has 0 aromatic carbocycles. The van der Waals surface area contributed by atoms with Gasteiger partial charge >= 0.3 is 0 Å². The first-order valence-electron chi connectivity index (χ1n) is 9.71. The molecule has 0 aromatic heterocycles. The Balaban J connectivity index is 1.27. The quantitative estimate of drug-likeness (QED) is 0.783. The summed E-state index contributed by atoms with van der Waals surface area (Å²) in [5.74, 6) is 3.38. The summed E-state index contributed by atoms with van der Waals surface area (Å²) in [5, 5.41) is 0. The highest BCUT2D eigenvalue weighted by Gasteiger charge is 2.52. The second kappa shape index (κ2) is 4.96. The van der Waals surface area contributed by atoms with Gasteiger partial charge in [-0.15, -0.1) is 0 Å². The van der Waals surface area contributed by atoms with Crippen LogP contribution in [-0.4, -0.2) is 47.9 Å². The van der Waals surface area contributed by atoms with Gasteiger partial charge in [-0.2, -0.15) is 0 Å². The average Bonchev–Trinajstić information content (AvgIpc) is 2.92. The molecule has 0 spiro atoms. The molecule has 1 atom stereocenters. The van der Waals surface area contributed by atoms with E-state index in [1.54, 1.807) is 0 Å². The summed E-state index contributed by atoms with van der Waals surface area (Å²) in [4.78, 5) is 17.8. The number of fused-ring (bicyclic) bond motifs is 1. The van der Waals surface area contributed by atoms with Crippen molar-refractivity contribution in [2.75, 3.05) is 26.2 Å². The lowest BCUT2D eigenvalue weighted by Crippen LogP contribution is -2.54. The number of carbonyl (C=O) groups is 1. The Morgan fingerprint density at radius 2 is 1.64 bits per heavy atom. The molecule has 6 aliphatic rings. The minimum atomic E-state index is 0.415. The van der Waals surface area contributed by atoms with Gasteiger partial charge in [0.1, 0.15) is 0 Å². The zero-order chi connectivity index (χ0) is 14.7. The van der Waals surface area contributed by atoms with Crippen molar-refractivity contribution in [2.45, 2.75) is 63.8 Å². The molecular weight excluding hydrogens is 272 g/mol. The van der Waals surface area contributed by atoms with E-state index in [1.807, 2.05) is 0 Å². The highest BCUT2D eigenvalue weighted by molar-refractivity contribution is 5.77. The van der Waals surface area contributed by atoms with Crippen LogP contribution in [0.4, 0.5) is 0 Å². The standard InChI is InChI=1S/C19H30N2O/c22-18(21-5-4-20-3-1-2-17(20)13-21)12-19-9-14-6-15(10-19)8-16(7-14)11-19/h14-17H,1-13H2/t14?,15?,16?,17-,19?/m1/s1. The van der Waals surface area contributed by atoms with Gasteiger partial charge in [0.05, 0.1) is 0 Å². The second-order valence-corrected chi connectivity index (χ2v) is 9.27. The fourth-order valence-corrected chi connectivity index (χ4v) is 7.16. The van der Waals surface area contributed by atoms with Gasteiger partial charge in [0.15, 0.2) is 0 Å². The number of hydrogen-bond donors (Lipinski definition) is 0. The first-order valence-corrected chi connectivity index (χ1v) is 9.71. The van der Waals surface area contributed by atoms with Gasteiger partial charge < -0.3 is 4.90 Å². The second-order valence-electron chi connectivity index (χ2n) is 9.27. The van der Waals surface area contributed by atoms with Gasteiger partial charge in [-0.3, -0.25) is 9.69 Å². The Morgan fingerprint density at radius 1 is 0.955 bits per heavy atom. The number of piperazine rings is 1. The maximum atomic E-state index is 13.0. The summed E-state index contributed by atoms with van der Waals surface area (Å²) in [7, 11) is 0. The van der Waals surface area contributed by atoms with Crippen LogP contribution >= 0.6 is 0 Å². The summed E-state index contributed by atoms with van der Waals surface area (Å²) >= 11 is 0. The highest BCUT2D eigenvalue weighted by atomic mass is 16.2. The minimum absolute atomic E-state index is 0.415. The van der Waals surface area contributed by atoms with Crippen LogP contribution in [0, 0.1) is 23.2 Å². The topological polar surface area (TPSA) is 23.6 Å². The third kappa shape index (κ3) is 2.23.